The molecule has 3 aromatic rings. The highest BCUT2D eigenvalue weighted by Crippen LogP contribution is 2.34. The van der Waals surface area contributed by atoms with Gasteiger partial charge in [0, 0.05) is 12.6 Å². The van der Waals surface area contributed by atoms with E-state index >= 15 is 0 Å². The Balaban J connectivity index is 1.60. The van der Waals surface area contributed by atoms with Gasteiger partial charge in [0.25, 0.3) is 5.56 Å². The Morgan fingerprint density at radius 3 is 2.79 bits per heavy atom. The average molecular weight is 400 g/mol. The number of rotatable bonds is 4. The van der Waals surface area contributed by atoms with Gasteiger partial charge in [-0.2, -0.15) is 9.61 Å². The summed E-state index contributed by atoms with van der Waals surface area (Å²) in [7, 11) is 0. The van der Waals surface area contributed by atoms with Crippen molar-refractivity contribution in [2.75, 3.05) is 6.54 Å². The van der Waals surface area contributed by atoms with Crippen molar-refractivity contribution >= 4 is 22.2 Å². The predicted octanol–water partition coefficient (Wildman–Crippen LogP) is 3.32. The van der Waals surface area contributed by atoms with Gasteiger partial charge in [0.2, 0.25) is 10.9 Å². The number of carbonyl (C=O) groups is 1. The van der Waals surface area contributed by atoms with Crippen LogP contribution in [0.2, 0.25) is 0 Å². The zero-order valence-electron chi connectivity index (χ0n) is 15.8. The molecule has 8 heteroatoms. The molecule has 146 valence electrons. The Kier molecular flexibility index (Phi) is 4.97. The third-order valence-electron chi connectivity index (χ3n) is 5.00. The van der Waals surface area contributed by atoms with Crippen molar-refractivity contribution in [1.29, 1.82) is 0 Å². The standard InChI is InChI=1S/C20H21FN4O2S/c1-12(2)15-11-18(27)25-20(22-15)28-19(23-25)16-4-3-9-24(16)17(26)10-13-5-7-14(21)8-6-13/h5-8,11-12,16H,3-4,9-10H2,1-2H3/t16-/m1/s1. The molecule has 3 heterocycles. The summed E-state index contributed by atoms with van der Waals surface area (Å²) in [6.45, 7) is 4.64. The van der Waals surface area contributed by atoms with Crippen molar-refractivity contribution in [1.82, 2.24) is 19.5 Å². The number of halogens is 1. The molecule has 28 heavy (non-hydrogen) atoms. The minimum absolute atomic E-state index is 0.0171. The Morgan fingerprint density at radius 2 is 2.07 bits per heavy atom. The highest BCUT2D eigenvalue weighted by atomic mass is 32.1. The molecule has 1 saturated heterocycles. The maximum absolute atomic E-state index is 13.1. The van der Waals surface area contributed by atoms with Gasteiger partial charge in [-0.05, 0) is 36.5 Å². The van der Waals surface area contributed by atoms with E-state index in [0.717, 1.165) is 29.1 Å². The van der Waals surface area contributed by atoms with Crippen molar-refractivity contribution in [3.8, 4) is 0 Å². The quantitative estimate of drug-likeness (QED) is 0.674. The molecule has 1 atom stereocenters. The van der Waals surface area contributed by atoms with E-state index in [0.29, 0.717) is 11.5 Å². The maximum Gasteiger partial charge on any atom is 0.275 e. The zero-order valence-corrected chi connectivity index (χ0v) is 16.6. The third-order valence-corrected chi connectivity index (χ3v) is 6.01. The lowest BCUT2D eigenvalue weighted by Gasteiger charge is -2.22. The van der Waals surface area contributed by atoms with Crippen molar-refractivity contribution in [2.24, 2.45) is 0 Å². The molecule has 0 N–H and O–H groups in total. The highest BCUT2D eigenvalue weighted by Gasteiger charge is 2.32. The van der Waals surface area contributed by atoms with Crippen molar-refractivity contribution in [3.05, 3.63) is 62.8 Å². The number of benzene rings is 1. The fourth-order valence-electron chi connectivity index (χ4n) is 3.47. The molecule has 1 fully saturated rings. The summed E-state index contributed by atoms with van der Waals surface area (Å²) >= 11 is 1.37. The van der Waals surface area contributed by atoms with Crippen molar-refractivity contribution in [3.63, 3.8) is 0 Å². The smallest absolute Gasteiger partial charge is 0.275 e. The molecular weight excluding hydrogens is 379 g/mol. The summed E-state index contributed by atoms with van der Waals surface area (Å²) in [5.41, 5.74) is 1.33. The van der Waals surface area contributed by atoms with Crippen LogP contribution in [0.25, 0.3) is 4.96 Å². The van der Waals surface area contributed by atoms with Crippen LogP contribution in [-0.2, 0) is 11.2 Å². The fourth-order valence-corrected chi connectivity index (χ4v) is 4.53. The second-order valence-electron chi connectivity index (χ2n) is 7.36. The number of fused-ring (bicyclic) bond motifs is 1. The molecule has 0 bridgehead atoms. The topological polar surface area (TPSA) is 67.6 Å². The number of likely N-dealkylation sites (tertiary alicyclic amines) is 1. The molecule has 6 nitrogen and oxygen atoms in total. The van der Waals surface area contributed by atoms with Gasteiger partial charge >= 0.3 is 0 Å². The summed E-state index contributed by atoms with van der Waals surface area (Å²) in [5, 5.41) is 5.19. The molecule has 0 aliphatic carbocycles. The monoisotopic (exact) mass is 400 g/mol. The van der Waals surface area contributed by atoms with Crippen LogP contribution in [0.3, 0.4) is 0 Å². The molecule has 0 spiro atoms. The second kappa shape index (κ2) is 7.43. The first-order valence-electron chi connectivity index (χ1n) is 9.37. The Hall–Kier alpha value is -2.61. The van der Waals surface area contributed by atoms with E-state index in [2.05, 4.69) is 10.1 Å². The summed E-state index contributed by atoms with van der Waals surface area (Å²) < 4.78 is 14.4. The van der Waals surface area contributed by atoms with Crippen LogP contribution in [0.1, 0.15) is 54.9 Å². The Bertz CT molecular complexity index is 1070. The van der Waals surface area contributed by atoms with Gasteiger partial charge in [-0.3, -0.25) is 9.59 Å². The molecule has 1 aliphatic heterocycles. The number of carbonyl (C=O) groups excluding carboxylic acids is 1. The molecule has 1 amide bonds. The third kappa shape index (κ3) is 3.56. The van der Waals surface area contributed by atoms with Gasteiger partial charge in [0.15, 0.2) is 0 Å². The summed E-state index contributed by atoms with van der Waals surface area (Å²) in [4.78, 5) is 32.1. The zero-order chi connectivity index (χ0) is 19.8. The first kappa shape index (κ1) is 18.7. The van der Waals surface area contributed by atoms with Crippen molar-refractivity contribution < 1.29 is 9.18 Å². The van der Waals surface area contributed by atoms with E-state index in [1.54, 1.807) is 12.1 Å². The molecular formula is C20H21FN4O2S. The first-order chi connectivity index (χ1) is 13.4. The van der Waals surface area contributed by atoms with Crippen LogP contribution >= 0.6 is 11.3 Å². The summed E-state index contributed by atoms with van der Waals surface area (Å²) in [6.07, 6.45) is 1.91. The molecule has 4 rings (SSSR count). The van der Waals surface area contributed by atoms with E-state index in [1.165, 1.54) is 34.1 Å². The van der Waals surface area contributed by atoms with Crippen LogP contribution in [0.15, 0.2) is 35.1 Å². The summed E-state index contributed by atoms with van der Waals surface area (Å²) in [5.74, 6) is -0.177. The van der Waals surface area contributed by atoms with Gasteiger partial charge in [-0.25, -0.2) is 9.37 Å². The van der Waals surface area contributed by atoms with Crippen LogP contribution in [-0.4, -0.2) is 31.9 Å². The Morgan fingerprint density at radius 1 is 1.32 bits per heavy atom. The lowest BCUT2D eigenvalue weighted by atomic mass is 10.1. The highest BCUT2D eigenvalue weighted by molar-refractivity contribution is 7.16. The van der Waals surface area contributed by atoms with E-state index in [4.69, 9.17) is 0 Å². The lowest BCUT2D eigenvalue weighted by Crippen LogP contribution is -2.32. The number of aromatic nitrogens is 3. The van der Waals surface area contributed by atoms with Gasteiger partial charge in [-0.1, -0.05) is 37.3 Å². The van der Waals surface area contributed by atoms with E-state index < -0.39 is 0 Å². The predicted molar refractivity (Wildman–Crippen MR) is 105 cm³/mol. The molecule has 0 saturated carbocycles. The van der Waals surface area contributed by atoms with E-state index in [9.17, 15) is 14.0 Å². The minimum Gasteiger partial charge on any atom is -0.333 e. The Labute approximate surface area is 165 Å². The SMILES string of the molecule is CC(C)c1cc(=O)n2nc([C@H]3CCCN3C(=O)Cc3ccc(F)cc3)sc2n1. The number of nitrogens with zero attached hydrogens (tertiary/aromatic N) is 4. The van der Waals surface area contributed by atoms with Crippen LogP contribution in [0.5, 0.6) is 0 Å². The number of amides is 1. The fraction of sp³-hybridized carbons (Fsp3) is 0.400. The van der Waals surface area contributed by atoms with Gasteiger partial charge in [0.05, 0.1) is 18.2 Å². The van der Waals surface area contributed by atoms with Crippen LogP contribution in [0.4, 0.5) is 4.39 Å². The van der Waals surface area contributed by atoms with E-state index in [1.807, 2.05) is 18.7 Å². The second-order valence-corrected chi connectivity index (χ2v) is 8.34. The summed E-state index contributed by atoms with van der Waals surface area (Å²) in [6, 6.07) is 7.36. The number of hydrogen-bond acceptors (Lipinski definition) is 5. The van der Waals surface area contributed by atoms with Gasteiger partial charge < -0.3 is 4.90 Å². The van der Waals surface area contributed by atoms with Crippen LogP contribution in [0, 0.1) is 5.82 Å². The molecule has 2 aromatic heterocycles. The number of hydrogen-bond donors (Lipinski definition) is 0. The van der Waals surface area contributed by atoms with Gasteiger partial charge in [0.1, 0.15) is 10.8 Å². The molecule has 1 aromatic carbocycles. The van der Waals surface area contributed by atoms with Crippen molar-refractivity contribution in [2.45, 2.75) is 45.1 Å². The normalized spacial score (nSPS) is 17.0. The average Bonchev–Trinajstić information content (AvgIpc) is 3.30. The van der Waals surface area contributed by atoms with Crippen LogP contribution < -0.4 is 5.56 Å². The maximum atomic E-state index is 13.1. The lowest BCUT2D eigenvalue weighted by molar-refractivity contribution is -0.131. The minimum atomic E-state index is -0.316. The largest absolute Gasteiger partial charge is 0.333 e. The molecule has 0 radical (unpaired) electrons. The first-order valence-corrected chi connectivity index (χ1v) is 10.2. The van der Waals surface area contributed by atoms with Gasteiger partial charge in [-0.15, -0.1) is 0 Å². The molecule has 1 aliphatic rings. The molecule has 0 unspecified atom stereocenters. The van der Waals surface area contributed by atoms with E-state index in [-0.39, 0.29) is 35.7 Å².